The lowest BCUT2D eigenvalue weighted by molar-refractivity contribution is -0.132. The number of hydrogen-bond acceptors (Lipinski definition) is 6. The fraction of sp³-hybridized carbons (Fsp3) is 0.450. The quantitative estimate of drug-likeness (QED) is 0.530. The predicted molar refractivity (Wildman–Crippen MR) is 111 cm³/mol. The molecule has 1 amide bonds. The van der Waals surface area contributed by atoms with Crippen molar-refractivity contribution >= 4 is 29.4 Å². The second-order valence-electron chi connectivity index (χ2n) is 6.74. The van der Waals surface area contributed by atoms with Gasteiger partial charge in [-0.2, -0.15) is 0 Å². The molecule has 8 heteroatoms. The van der Waals surface area contributed by atoms with Crippen molar-refractivity contribution < 1.29 is 9.53 Å². The normalized spacial score (nSPS) is 16.2. The molecule has 6 nitrogen and oxygen atoms in total. The molecule has 0 aliphatic carbocycles. The molecule has 28 heavy (non-hydrogen) atoms. The van der Waals surface area contributed by atoms with Crippen LogP contribution in [-0.4, -0.2) is 58.2 Å². The molecule has 0 spiro atoms. The van der Waals surface area contributed by atoms with Crippen LogP contribution in [0.3, 0.4) is 0 Å². The number of morpholine rings is 1. The zero-order valence-electron chi connectivity index (χ0n) is 15.6. The molecule has 3 heterocycles. The highest BCUT2D eigenvalue weighted by Crippen LogP contribution is 2.29. The highest BCUT2D eigenvalue weighted by atomic mass is 32.2. The van der Waals surface area contributed by atoms with E-state index in [1.54, 1.807) is 16.3 Å². The van der Waals surface area contributed by atoms with Crippen LogP contribution >= 0.6 is 23.5 Å². The summed E-state index contributed by atoms with van der Waals surface area (Å²) in [6.07, 6.45) is 1.58. The second kappa shape index (κ2) is 9.15. The summed E-state index contributed by atoms with van der Waals surface area (Å²) in [6.45, 7) is 3.01. The molecular weight excluding hydrogens is 394 g/mol. The molecule has 1 aromatic heterocycles. The van der Waals surface area contributed by atoms with Gasteiger partial charge >= 0.3 is 0 Å². The molecule has 0 atom stereocenters. The van der Waals surface area contributed by atoms with Gasteiger partial charge < -0.3 is 9.64 Å². The minimum Gasteiger partial charge on any atom is -0.378 e. The number of carbonyl (C=O) groups is 1. The first-order chi connectivity index (χ1) is 13.7. The lowest BCUT2D eigenvalue weighted by atomic mass is 10.1. The molecule has 0 bridgehead atoms. The zero-order valence-corrected chi connectivity index (χ0v) is 17.3. The molecule has 4 rings (SSSR count). The third kappa shape index (κ3) is 4.45. The summed E-state index contributed by atoms with van der Waals surface area (Å²) in [6, 6.07) is 10.1. The Morgan fingerprint density at radius 2 is 2.00 bits per heavy atom. The first-order valence-corrected chi connectivity index (χ1v) is 11.5. The Morgan fingerprint density at radius 3 is 2.79 bits per heavy atom. The summed E-state index contributed by atoms with van der Waals surface area (Å²) >= 11 is 2.97. The molecule has 2 aliphatic rings. The molecule has 1 fully saturated rings. The number of hydrogen-bond donors (Lipinski definition) is 0. The van der Waals surface area contributed by atoms with Gasteiger partial charge in [-0.15, -0.1) is 11.8 Å². The van der Waals surface area contributed by atoms with Gasteiger partial charge in [-0.05, 0) is 12.0 Å². The van der Waals surface area contributed by atoms with Crippen molar-refractivity contribution in [2.24, 2.45) is 0 Å². The molecule has 0 unspecified atom stereocenters. The summed E-state index contributed by atoms with van der Waals surface area (Å²) in [5.41, 5.74) is 2.10. The number of nitrogens with zero attached hydrogens (tertiary/aromatic N) is 3. The van der Waals surface area contributed by atoms with Crippen molar-refractivity contribution in [1.29, 1.82) is 0 Å². The lowest BCUT2D eigenvalue weighted by Gasteiger charge is -2.26. The van der Waals surface area contributed by atoms with Gasteiger partial charge in [0, 0.05) is 31.8 Å². The zero-order chi connectivity index (χ0) is 19.3. The van der Waals surface area contributed by atoms with E-state index >= 15 is 0 Å². The largest absolute Gasteiger partial charge is 0.378 e. The van der Waals surface area contributed by atoms with Crippen molar-refractivity contribution in [3.05, 3.63) is 51.9 Å². The number of benzene rings is 1. The Hall–Kier alpha value is -1.77. The van der Waals surface area contributed by atoms with Gasteiger partial charge in [-0.1, -0.05) is 42.1 Å². The van der Waals surface area contributed by atoms with Crippen molar-refractivity contribution in [2.75, 3.05) is 37.8 Å². The van der Waals surface area contributed by atoms with E-state index < -0.39 is 0 Å². The molecule has 2 aliphatic heterocycles. The average molecular weight is 418 g/mol. The van der Waals surface area contributed by atoms with E-state index in [9.17, 15) is 9.59 Å². The fourth-order valence-electron chi connectivity index (χ4n) is 3.35. The van der Waals surface area contributed by atoms with Crippen molar-refractivity contribution in [2.45, 2.75) is 29.4 Å². The summed E-state index contributed by atoms with van der Waals surface area (Å²) in [5.74, 6) is 1.27. The van der Waals surface area contributed by atoms with E-state index in [-0.39, 0.29) is 11.5 Å². The van der Waals surface area contributed by atoms with Crippen LogP contribution in [0.4, 0.5) is 0 Å². The predicted octanol–water partition coefficient (Wildman–Crippen LogP) is 2.09. The van der Waals surface area contributed by atoms with Crippen LogP contribution in [-0.2, 0) is 28.9 Å². The van der Waals surface area contributed by atoms with Crippen LogP contribution in [0.25, 0.3) is 0 Å². The number of aromatic nitrogens is 2. The lowest BCUT2D eigenvalue weighted by Crippen LogP contribution is -2.41. The third-order valence-electron chi connectivity index (χ3n) is 4.90. The number of fused-ring (bicyclic) bond motifs is 1. The van der Waals surface area contributed by atoms with Crippen LogP contribution in [0.1, 0.15) is 11.3 Å². The van der Waals surface area contributed by atoms with E-state index in [0.717, 1.165) is 29.2 Å². The molecule has 148 valence electrons. The number of aryl methyl sites for hydroxylation is 2. The van der Waals surface area contributed by atoms with E-state index in [4.69, 9.17) is 9.72 Å². The number of carbonyl (C=O) groups excluding carboxylic acids is 1. The Balaban J connectivity index is 1.52. The maximum Gasteiger partial charge on any atom is 0.268 e. The van der Waals surface area contributed by atoms with E-state index in [0.29, 0.717) is 43.8 Å². The van der Waals surface area contributed by atoms with Gasteiger partial charge in [-0.25, -0.2) is 4.98 Å². The second-order valence-corrected chi connectivity index (χ2v) is 8.79. The Kier molecular flexibility index (Phi) is 6.39. The smallest absolute Gasteiger partial charge is 0.268 e. The summed E-state index contributed by atoms with van der Waals surface area (Å²) < 4.78 is 7.06. The fourth-order valence-corrected chi connectivity index (χ4v) is 5.33. The number of ether oxygens (including phenoxy) is 1. The van der Waals surface area contributed by atoms with Gasteiger partial charge in [0.2, 0.25) is 5.91 Å². The molecule has 1 saturated heterocycles. The number of amides is 1. The van der Waals surface area contributed by atoms with Crippen molar-refractivity contribution in [3.63, 3.8) is 0 Å². The van der Waals surface area contributed by atoms with Crippen LogP contribution in [0, 0.1) is 0 Å². The van der Waals surface area contributed by atoms with Crippen molar-refractivity contribution in [3.8, 4) is 0 Å². The SMILES string of the molecule is O=C(CSc1nc2c(c(=O)n1CCc1ccccc1)SCC2)N1CCOCC1. The van der Waals surface area contributed by atoms with Crippen LogP contribution in [0.15, 0.2) is 45.2 Å². The molecule has 2 aromatic rings. The average Bonchev–Trinajstić information content (AvgIpc) is 3.22. The van der Waals surface area contributed by atoms with Crippen LogP contribution in [0.5, 0.6) is 0 Å². The minimum atomic E-state index is 0.0322. The summed E-state index contributed by atoms with van der Waals surface area (Å²) in [4.78, 5) is 32.9. The first kappa shape index (κ1) is 19.5. The van der Waals surface area contributed by atoms with Gasteiger partial charge in [0.15, 0.2) is 5.16 Å². The Bertz CT molecular complexity index is 896. The minimum absolute atomic E-state index is 0.0322. The Morgan fingerprint density at radius 1 is 1.21 bits per heavy atom. The monoisotopic (exact) mass is 417 g/mol. The molecule has 1 aromatic carbocycles. The van der Waals surface area contributed by atoms with E-state index in [2.05, 4.69) is 12.1 Å². The maximum absolute atomic E-state index is 13.0. The highest BCUT2D eigenvalue weighted by Gasteiger charge is 2.23. The van der Waals surface area contributed by atoms with Crippen molar-refractivity contribution in [1.82, 2.24) is 14.5 Å². The molecule has 0 saturated carbocycles. The number of rotatable bonds is 6. The van der Waals surface area contributed by atoms with Crippen LogP contribution in [0.2, 0.25) is 0 Å². The van der Waals surface area contributed by atoms with Gasteiger partial charge in [-0.3, -0.25) is 14.2 Å². The molecule has 0 radical (unpaired) electrons. The molecular formula is C20H23N3O3S2. The van der Waals surface area contributed by atoms with Gasteiger partial charge in [0.1, 0.15) is 0 Å². The standard InChI is InChI=1S/C20H23N3O3S2/c24-17(22-9-11-26-12-10-22)14-28-20-21-16-7-13-27-18(16)19(25)23(20)8-6-15-4-2-1-3-5-15/h1-5H,6-14H2. The topological polar surface area (TPSA) is 64.4 Å². The van der Waals surface area contributed by atoms with Gasteiger partial charge in [0.25, 0.3) is 5.56 Å². The first-order valence-electron chi connectivity index (χ1n) is 9.51. The Labute approximate surface area is 172 Å². The summed E-state index contributed by atoms with van der Waals surface area (Å²) in [5, 5.41) is 0.656. The van der Waals surface area contributed by atoms with Crippen LogP contribution < -0.4 is 5.56 Å². The number of thioether (sulfide) groups is 2. The van der Waals surface area contributed by atoms with Gasteiger partial charge in [0.05, 0.1) is 29.6 Å². The maximum atomic E-state index is 13.0. The van der Waals surface area contributed by atoms with E-state index in [1.807, 2.05) is 23.1 Å². The third-order valence-corrected chi connectivity index (χ3v) is 6.97. The molecule has 0 N–H and O–H groups in total. The van der Waals surface area contributed by atoms with E-state index in [1.165, 1.54) is 17.3 Å². The summed E-state index contributed by atoms with van der Waals surface area (Å²) in [7, 11) is 0. The highest BCUT2D eigenvalue weighted by molar-refractivity contribution is 8.00.